The summed E-state index contributed by atoms with van der Waals surface area (Å²) >= 11 is 0. The maximum absolute atomic E-state index is 4.49. The lowest BCUT2D eigenvalue weighted by molar-refractivity contribution is 0.575. The molecule has 0 radical (unpaired) electrons. The van der Waals surface area contributed by atoms with Gasteiger partial charge in [0.25, 0.3) is 0 Å². The first-order valence-electron chi connectivity index (χ1n) is 8.76. The van der Waals surface area contributed by atoms with Crippen LogP contribution < -0.4 is 0 Å². The van der Waals surface area contributed by atoms with Crippen molar-refractivity contribution >= 4 is 0 Å². The van der Waals surface area contributed by atoms with Crippen molar-refractivity contribution in [2.24, 2.45) is 0 Å². The second-order valence-electron chi connectivity index (χ2n) is 6.01. The first-order valence-corrected chi connectivity index (χ1v) is 8.76. The molecule has 1 aromatic carbocycles. The van der Waals surface area contributed by atoms with E-state index in [0.717, 1.165) is 17.8 Å². The maximum atomic E-state index is 4.49. The van der Waals surface area contributed by atoms with Crippen LogP contribution in [0.3, 0.4) is 0 Å². The highest BCUT2D eigenvalue weighted by Crippen LogP contribution is 2.14. The molecule has 1 heterocycles. The quantitative estimate of drug-likeness (QED) is 0.516. The summed E-state index contributed by atoms with van der Waals surface area (Å²) < 4.78 is 0. The van der Waals surface area contributed by atoms with Crippen LogP contribution in [0.5, 0.6) is 0 Å². The summed E-state index contributed by atoms with van der Waals surface area (Å²) in [6, 6.07) is 10.2. The Hall–Kier alpha value is -1.70. The molecule has 0 bridgehead atoms. The molecule has 0 saturated carbocycles. The fourth-order valence-electron chi connectivity index (χ4n) is 2.68. The zero-order valence-electron chi connectivity index (χ0n) is 13.8. The van der Waals surface area contributed by atoms with E-state index in [4.69, 9.17) is 0 Å². The highest BCUT2D eigenvalue weighted by Gasteiger charge is 2.00. The molecule has 0 N–H and O–H groups in total. The molecule has 2 nitrogen and oxygen atoms in total. The molecule has 0 aliphatic heterocycles. The van der Waals surface area contributed by atoms with Gasteiger partial charge in [-0.1, -0.05) is 82.2 Å². The van der Waals surface area contributed by atoms with Crippen molar-refractivity contribution in [3.8, 4) is 11.4 Å². The van der Waals surface area contributed by atoms with E-state index >= 15 is 0 Å². The molecular formula is C20H28N2. The minimum absolute atomic E-state index is 0.820. The third kappa shape index (κ3) is 5.97. The third-order valence-corrected chi connectivity index (χ3v) is 4.06. The van der Waals surface area contributed by atoms with Gasteiger partial charge in [0.05, 0.1) is 0 Å². The van der Waals surface area contributed by atoms with Crippen LogP contribution in [0, 0.1) is 0 Å². The van der Waals surface area contributed by atoms with E-state index in [9.17, 15) is 0 Å². The van der Waals surface area contributed by atoms with E-state index in [1.54, 1.807) is 0 Å². The fraction of sp³-hybridized carbons (Fsp3) is 0.500. The average molecular weight is 296 g/mol. The normalized spacial score (nSPS) is 10.8. The second kappa shape index (κ2) is 10.1. The lowest BCUT2D eigenvalue weighted by Gasteiger charge is -2.04. The van der Waals surface area contributed by atoms with Crippen LogP contribution in [0.25, 0.3) is 11.4 Å². The van der Waals surface area contributed by atoms with Gasteiger partial charge in [-0.15, -0.1) is 0 Å². The van der Waals surface area contributed by atoms with Crippen LogP contribution in [0.15, 0.2) is 42.7 Å². The molecule has 0 aliphatic rings. The Labute approximate surface area is 135 Å². The fourth-order valence-corrected chi connectivity index (χ4v) is 2.68. The van der Waals surface area contributed by atoms with E-state index in [1.807, 2.05) is 42.7 Å². The Kier molecular flexibility index (Phi) is 7.65. The van der Waals surface area contributed by atoms with E-state index in [-0.39, 0.29) is 0 Å². The molecule has 0 aliphatic carbocycles. The predicted octanol–water partition coefficient (Wildman–Crippen LogP) is 5.83. The minimum Gasteiger partial charge on any atom is -0.236 e. The van der Waals surface area contributed by atoms with Crippen molar-refractivity contribution in [2.75, 3.05) is 0 Å². The number of nitrogens with zero attached hydrogens (tertiary/aromatic N) is 2. The molecule has 0 spiro atoms. The summed E-state index contributed by atoms with van der Waals surface area (Å²) in [5, 5.41) is 0. The van der Waals surface area contributed by atoms with Gasteiger partial charge < -0.3 is 0 Å². The first-order chi connectivity index (χ1) is 10.9. The monoisotopic (exact) mass is 296 g/mol. The molecule has 0 amide bonds. The third-order valence-electron chi connectivity index (χ3n) is 4.06. The highest BCUT2D eigenvalue weighted by molar-refractivity contribution is 5.53. The van der Waals surface area contributed by atoms with E-state index in [1.165, 1.54) is 56.9 Å². The van der Waals surface area contributed by atoms with Crippen molar-refractivity contribution < 1.29 is 0 Å². The molecule has 0 fully saturated rings. The van der Waals surface area contributed by atoms with Gasteiger partial charge in [0.1, 0.15) is 0 Å². The van der Waals surface area contributed by atoms with E-state index in [0.29, 0.717) is 0 Å². The number of hydrogen-bond donors (Lipinski definition) is 0. The van der Waals surface area contributed by atoms with Crippen molar-refractivity contribution in [1.82, 2.24) is 9.97 Å². The maximum Gasteiger partial charge on any atom is 0.159 e. The summed E-state index contributed by atoms with van der Waals surface area (Å²) in [7, 11) is 0. The standard InChI is InChI=1S/C20H28N2/c1-2-3-4-5-6-7-8-10-13-18-16-21-20(22-17-18)19-14-11-9-12-15-19/h9,11-12,14-17H,2-8,10,13H2,1H3. The zero-order valence-corrected chi connectivity index (χ0v) is 13.8. The van der Waals surface area contributed by atoms with Crippen LogP contribution >= 0.6 is 0 Å². The Balaban J connectivity index is 1.65. The van der Waals surface area contributed by atoms with Crippen LogP contribution in [0.1, 0.15) is 63.9 Å². The van der Waals surface area contributed by atoms with E-state index < -0.39 is 0 Å². The SMILES string of the molecule is CCCCCCCCCCc1cnc(-c2ccccc2)nc1. The van der Waals surface area contributed by atoms with Crippen LogP contribution in [0.4, 0.5) is 0 Å². The van der Waals surface area contributed by atoms with Gasteiger partial charge in [-0.3, -0.25) is 0 Å². The van der Waals surface area contributed by atoms with E-state index in [2.05, 4.69) is 16.9 Å². The van der Waals surface area contributed by atoms with Crippen molar-refractivity contribution in [3.05, 3.63) is 48.3 Å². The zero-order chi connectivity index (χ0) is 15.5. The molecule has 1 aromatic heterocycles. The molecule has 0 unspecified atom stereocenters. The molecule has 2 rings (SSSR count). The van der Waals surface area contributed by atoms with Crippen molar-refractivity contribution in [3.63, 3.8) is 0 Å². The van der Waals surface area contributed by atoms with Crippen LogP contribution in [0.2, 0.25) is 0 Å². The van der Waals surface area contributed by atoms with Gasteiger partial charge >= 0.3 is 0 Å². The Bertz CT molecular complexity index is 505. The van der Waals surface area contributed by atoms with Gasteiger partial charge in [-0.05, 0) is 18.4 Å². The average Bonchev–Trinajstić information content (AvgIpc) is 2.59. The molecule has 2 aromatic rings. The summed E-state index contributed by atoms with van der Waals surface area (Å²) in [5.41, 5.74) is 2.34. The minimum atomic E-state index is 0.820. The molecule has 0 saturated heterocycles. The van der Waals surface area contributed by atoms with Gasteiger partial charge in [-0.25, -0.2) is 9.97 Å². The largest absolute Gasteiger partial charge is 0.236 e. The van der Waals surface area contributed by atoms with Crippen molar-refractivity contribution in [1.29, 1.82) is 0 Å². The summed E-state index contributed by atoms with van der Waals surface area (Å²) in [6.45, 7) is 2.27. The number of rotatable bonds is 10. The van der Waals surface area contributed by atoms with Gasteiger partial charge in [-0.2, -0.15) is 0 Å². The number of aryl methyl sites for hydroxylation is 1. The second-order valence-corrected chi connectivity index (χ2v) is 6.01. The molecule has 118 valence electrons. The Morgan fingerprint density at radius 3 is 1.95 bits per heavy atom. The summed E-state index contributed by atoms with van der Waals surface area (Å²) in [4.78, 5) is 8.97. The first kappa shape index (κ1) is 16.7. The lowest BCUT2D eigenvalue weighted by atomic mass is 10.1. The Morgan fingerprint density at radius 2 is 1.32 bits per heavy atom. The molecule has 0 atom stereocenters. The van der Waals surface area contributed by atoms with Crippen LogP contribution in [-0.2, 0) is 6.42 Å². The van der Waals surface area contributed by atoms with Crippen LogP contribution in [-0.4, -0.2) is 9.97 Å². The molecule has 22 heavy (non-hydrogen) atoms. The smallest absolute Gasteiger partial charge is 0.159 e. The van der Waals surface area contributed by atoms with Gasteiger partial charge in [0.2, 0.25) is 0 Å². The van der Waals surface area contributed by atoms with Crippen molar-refractivity contribution in [2.45, 2.75) is 64.7 Å². The number of hydrogen-bond acceptors (Lipinski definition) is 2. The summed E-state index contributed by atoms with van der Waals surface area (Å²) in [6.07, 6.45) is 15.9. The van der Waals surface area contributed by atoms with Gasteiger partial charge in [0.15, 0.2) is 5.82 Å². The molecule has 2 heteroatoms. The predicted molar refractivity (Wildman–Crippen MR) is 93.8 cm³/mol. The van der Waals surface area contributed by atoms with Gasteiger partial charge in [0, 0.05) is 18.0 Å². The Morgan fingerprint density at radius 1 is 0.727 bits per heavy atom. The molecular weight excluding hydrogens is 268 g/mol. The lowest BCUT2D eigenvalue weighted by Crippen LogP contribution is -1.93. The topological polar surface area (TPSA) is 25.8 Å². The highest BCUT2D eigenvalue weighted by atomic mass is 14.9. The number of unbranched alkanes of at least 4 members (excludes halogenated alkanes) is 7. The summed E-state index contributed by atoms with van der Waals surface area (Å²) in [5.74, 6) is 0.820. The number of benzene rings is 1. The number of aromatic nitrogens is 2.